The molecule has 1 atom stereocenters. The van der Waals surface area contributed by atoms with E-state index in [1.165, 1.54) is 44.9 Å². The van der Waals surface area contributed by atoms with Gasteiger partial charge >= 0.3 is 5.97 Å². The second kappa shape index (κ2) is 15.2. The van der Waals surface area contributed by atoms with Crippen molar-refractivity contribution in [3.63, 3.8) is 0 Å². The van der Waals surface area contributed by atoms with Gasteiger partial charge in [-0.1, -0.05) is 94.7 Å². The second-order valence-electron chi connectivity index (χ2n) is 10.5. The molecule has 0 saturated carbocycles. The van der Waals surface area contributed by atoms with Crippen LogP contribution in [-0.2, 0) is 17.8 Å². The first-order chi connectivity index (χ1) is 19.1. The Bertz CT molecular complexity index is 1170. The van der Waals surface area contributed by atoms with E-state index < -0.39 is 0 Å². The third-order valence-electron chi connectivity index (χ3n) is 7.28. The van der Waals surface area contributed by atoms with Crippen LogP contribution in [0.1, 0.15) is 100 Å². The van der Waals surface area contributed by atoms with E-state index in [2.05, 4.69) is 6.92 Å². The van der Waals surface area contributed by atoms with E-state index >= 15 is 0 Å². The van der Waals surface area contributed by atoms with Crippen molar-refractivity contribution in [2.45, 2.75) is 96.7 Å². The summed E-state index contributed by atoms with van der Waals surface area (Å²) in [5.74, 6) is 1.80. The molecule has 0 fully saturated rings. The van der Waals surface area contributed by atoms with Crippen LogP contribution in [0, 0.1) is 0 Å². The molecule has 1 aliphatic heterocycles. The highest BCUT2D eigenvalue weighted by Gasteiger charge is 2.25. The molecule has 0 radical (unpaired) electrons. The Hall–Kier alpha value is -3.47. The number of aryl methyl sites for hydroxylation is 1. The first-order valence-electron chi connectivity index (χ1n) is 14.6. The maximum Gasteiger partial charge on any atom is 0.311 e. The van der Waals surface area contributed by atoms with Crippen LogP contribution >= 0.6 is 0 Å². The number of benzene rings is 3. The number of hydrogen-bond acceptors (Lipinski definition) is 5. The molecule has 0 saturated heterocycles. The first-order valence-corrected chi connectivity index (χ1v) is 14.6. The summed E-state index contributed by atoms with van der Waals surface area (Å²) in [5.41, 5.74) is 3.04. The number of phenols is 1. The Morgan fingerprint density at radius 3 is 2.41 bits per heavy atom. The summed E-state index contributed by atoms with van der Waals surface area (Å²) in [7, 11) is 0. The predicted octanol–water partition coefficient (Wildman–Crippen LogP) is 8.86. The Morgan fingerprint density at radius 1 is 0.897 bits per heavy atom. The third-order valence-corrected chi connectivity index (χ3v) is 7.28. The van der Waals surface area contributed by atoms with Crippen LogP contribution in [0.15, 0.2) is 66.7 Å². The lowest BCUT2D eigenvalue weighted by atomic mass is 9.96. The lowest BCUT2D eigenvalue weighted by Crippen LogP contribution is -2.16. The minimum absolute atomic E-state index is 0.152. The summed E-state index contributed by atoms with van der Waals surface area (Å²) < 4.78 is 18.1. The normalized spacial score (nSPS) is 14.3. The number of esters is 1. The summed E-state index contributed by atoms with van der Waals surface area (Å²) in [4.78, 5) is 12.4. The minimum atomic E-state index is -0.225. The zero-order valence-electron chi connectivity index (χ0n) is 23.2. The summed E-state index contributed by atoms with van der Waals surface area (Å²) in [5, 5.41) is 10.1. The summed E-state index contributed by atoms with van der Waals surface area (Å²) in [6, 6.07) is 20.8. The van der Waals surface area contributed by atoms with Crippen molar-refractivity contribution in [3.8, 4) is 23.0 Å². The maximum absolute atomic E-state index is 12.4. The number of hydrogen-bond donors (Lipinski definition) is 1. The van der Waals surface area contributed by atoms with Gasteiger partial charge in [-0.2, -0.15) is 0 Å². The molecule has 1 unspecified atom stereocenters. The molecule has 208 valence electrons. The summed E-state index contributed by atoms with van der Waals surface area (Å²) in [6.07, 6.45) is 12.8. The average Bonchev–Trinajstić information content (AvgIpc) is 2.95. The van der Waals surface area contributed by atoms with Gasteiger partial charge in [0.2, 0.25) is 0 Å². The van der Waals surface area contributed by atoms with Crippen molar-refractivity contribution in [3.05, 3.63) is 83.4 Å². The van der Waals surface area contributed by atoms with E-state index in [-0.39, 0.29) is 17.8 Å². The molecule has 1 N–H and O–H groups in total. The van der Waals surface area contributed by atoms with E-state index in [1.807, 2.05) is 54.6 Å². The molecule has 0 amide bonds. The Balaban J connectivity index is 1.28. The van der Waals surface area contributed by atoms with Gasteiger partial charge in [-0.25, -0.2) is 0 Å². The second-order valence-corrected chi connectivity index (χ2v) is 10.5. The predicted molar refractivity (Wildman–Crippen MR) is 154 cm³/mol. The van der Waals surface area contributed by atoms with E-state index in [4.69, 9.17) is 14.2 Å². The van der Waals surface area contributed by atoms with Gasteiger partial charge in [0.15, 0.2) is 0 Å². The summed E-state index contributed by atoms with van der Waals surface area (Å²) in [6.45, 7) is 2.64. The molecule has 5 nitrogen and oxygen atoms in total. The minimum Gasteiger partial charge on any atom is -0.508 e. The number of unbranched alkanes of at least 4 members (excludes halogenated alkanes) is 8. The fourth-order valence-corrected chi connectivity index (χ4v) is 5.04. The number of rotatable bonds is 15. The smallest absolute Gasteiger partial charge is 0.311 e. The van der Waals surface area contributed by atoms with Gasteiger partial charge < -0.3 is 19.3 Å². The molecule has 4 rings (SSSR count). The molecule has 3 aromatic carbocycles. The lowest BCUT2D eigenvalue weighted by Gasteiger charge is -2.28. The van der Waals surface area contributed by atoms with Crippen LogP contribution in [0.5, 0.6) is 23.0 Å². The molecule has 5 heteroatoms. The van der Waals surface area contributed by atoms with Crippen molar-refractivity contribution in [1.82, 2.24) is 0 Å². The fraction of sp³-hybridized carbons (Fsp3) is 0.441. The highest BCUT2D eigenvalue weighted by molar-refractivity contribution is 5.72. The molecule has 0 aliphatic carbocycles. The van der Waals surface area contributed by atoms with Gasteiger partial charge in [-0.15, -0.1) is 0 Å². The zero-order valence-corrected chi connectivity index (χ0v) is 23.2. The Labute approximate surface area is 233 Å². The van der Waals surface area contributed by atoms with Gasteiger partial charge in [0.05, 0.1) is 0 Å². The van der Waals surface area contributed by atoms with Gasteiger partial charge in [0.25, 0.3) is 0 Å². The average molecular weight is 531 g/mol. The lowest BCUT2D eigenvalue weighted by molar-refractivity contribution is -0.134. The number of ether oxygens (including phenoxy) is 3. The monoisotopic (exact) mass is 530 g/mol. The van der Waals surface area contributed by atoms with Crippen LogP contribution in [0.4, 0.5) is 0 Å². The fourth-order valence-electron chi connectivity index (χ4n) is 5.04. The zero-order chi connectivity index (χ0) is 27.3. The third kappa shape index (κ3) is 9.05. The van der Waals surface area contributed by atoms with E-state index in [0.717, 1.165) is 48.1 Å². The largest absolute Gasteiger partial charge is 0.508 e. The SMILES string of the molecule is CCCCCCCCCCCC(=O)Oc1ccc2c(c1)OC(c1ccc(O)cc1OCc1ccccc1)CC2. The van der Waals surface area contributed by atoms with Crippen molar-refractivity contribution in [1.29, 1.82) is 0 Å². The van der Waals surface area contributed by atoms with Crippen molar-refractivity contribution in [2.75, 3.05) is 0 Å². The molecule has 0 aromatic heterocycles. The summed E-state index contributed by atoms with van der Waals surface area (Å²) >= 11 is 0. The standard InChI is InChI=1S/C34H42O5/c1-2-3-4-5-6-7-8-9-13-16-34(36)38-29-20-17-27-18-22-31(39-32(27)24-29)30-21-19-28(35)23-33(30)37-25-26-14-11-10-12-15-26/h10-12,14-15,17,19-21,23-24,31,35H,2-9,13,16,18,22,25H2,1H3. The molecule has 1 aliphatic rings. The molecule has 0 bridgehead atoms. The Kier molecular flexibility index (Phi) is 11.1. The van der Waals surface area contributed by atoms with Crippen molar-refractivity contribution in [2.24, 2.45) is 0 Å². The molecule has 1 heterocycles. The first kappa shape index (κ1) is 28.5. The highest BCUT2D eigenvalue weighted by atomic mass is 16.5. The maximum atomic E-state index is 12.4. The van der Waals surface area contributed by atoms with E-state index in [0.29, 0.717) is 24.5 Å². The molecule has 39 heavy (non-hydrogen) atoms. The number of carbonyl (C=O) groups excluding carboxylic acids is 1. The van der Waals surface area contributed by atoms with Crippen LogP contribution in [0.25, 0.3) is 0 Å². The quantitative estimate of drug-likeness (QED) is 0.121. The molecule has 3 aromatic rings. The van der Waals surface area contributed by atoms with Crippen molar-refractivity contribution < 1.29 is 24.1 Å². The van der Waals surface area contributed by atoms with Gasteiger partial charge in [-0.05, 0) is 48.6 Å². The van der Waals surface area contributed by atoms with Crippen LogP contribution in [-0.4, -0.2) is 11.1 Å². The number of aromatic hydroxyl groups is 1. The molecular formula is C34H42O5. The Morgan fingerprint density at radius 2 is 1.64 bits per heavy atom. The van der Waals surface area contributed by atoms with Crippen molar-refractivity contribution >= 4 is 5.97 Å². The van der Waals surface area contributed by atoms with Crippen LogP contribution in [0.2, 0.25) is 0 Å². The highest BCUT2D eigenvalue weighted by Crippen LogP contribution is 2.41. The number of phenolic OH excluding ortho intramolecular Hbond substituents is 1. The molecule has 0 spiro atoms. The van der Waals surface area contributed by atoms with E-state index in [9.17, 15) is 9.90 Å². The van der Waals surface area contributed by atoms with Gasteiger partial charge in [0.1, 0.15) is 35.7 Å². The van der Waals surface area contributed by atoms with Crippen LogP contribution in [0.3, 0.4) is 0 Å². The topological polar surface area (TPSA) is 65.0 Å². The van der Waals surface area contributed by atoms with E-state index in [1.54, 1.807) is 12.1 Å². The van der Waals surface area contributed by atoms with Crippen LogP contribution < -0.4 is 14.2 Å². The number of fused-ring (bicyclic) bond motifs is 1. The number of carbonyl (C=O) groups is 1. The van der Waals surface area contributed by atoms with Gasteiger partial charge in [-0.3, -0.25) is 4.79 Å². The van der Waals surface area contributed by atoms with Gasteiger partial charge in [0, 0.05) is 24.1 Å². The molecular weight excluding hydrogens is 488 g/mol.